The maximum absolute atomic E-state index is 13.8. The van der Waals surface area contributed by atoms with Crippen molar-refractivity contribution in [2.24, 2.45) is 0 Å². The average Bonchev–Trinajstić information content (AvgIpc) is 2.48. The van der Waals surface area contributed by atoms with Crippen molar-refractivity contribution in [1.82, 2.24) is 5.32 Å². The van der Waals surface area contributed by atoms with Gasteiger partial charge in [-0.15, -0.1) is 0 Å². The maximum Gasteiger partial charge on any atom is 0.407 e. The Morgan fingerprint density at radius 3 is 2.79 bits per heavy atom. The van der Waals surface area contributed by atoms with Crippen molar-refractivity contribution in [1.29, 1.82) is 0 Å². The van der Waals surface area contributed by atoms with E-state index in [4.69, 9.17) is 4.74 Å². The molecule has 0 fully saturated rings. The van der Waals surface area contributed by atoms with Crippen molar-refractivity contribution in [2.45, 2.75) is 45.6 Å². The SMILES string of the molecule is CC(C)(C)OC(=O)NCCC(=O)Nc1ccc(F)c2c1NCCC2. The van der Waals surface area contributed by atoms with Crippen LogP contribution in [0.1, 0.15) is 39.2 Å². The first-order valence-electron chi connectivity index (χ1n) is 8.08. The lowest BCUT2D eigenvalue weighted by Crippen LogP contribution is -2.34. The van der Waals surface area contributed by atoms with E-state index in [-0.39, 0.29) is 24.7 Å². The molecule has 0 radical (unpaired) electrons. The molecule has 1 heterocycles. The molecule has 1 aromatic rings. The van der Waals surface area contributed by atoms with Crippen LogP contribution in [0.25, 0.3) is 0 Å². The van der Waals surface area contributed by atoms with Gasteiger partial charge in [0.2, 0.25) is 5.91 Å². The standard InChI is InChI=1S/C17H24FN3O3/c1-17(2,3)24-16(23)20-10-8-14(22)21-13-7-6-12(18)11-5-4-9-19-15(11)13/h6-7,19H,4-5,8-10H2,1-3H3,(H,20,23)(H,21,22). The van der Waals surface area contributed by atoms with Crippen molar-refractivity contribution < 1.29 is 18.7 Å². The van der Waals surface area contributed by atoms with E-state index in [1.165, 1.54) is 6.07 Å². The fraction of sp³-hybridized carbons (Fsp3) is 0.529. The number of nitrogens with one attached hydrogen (secondary N) is 3. The van der Waals surface area contributed by atoms with E-state index in [2.05, 4.69) is 16.0 Å². The van der Waals surface area contributed by atoms with Gasteiger partial charge in [-0.05, 0) is 45.7 Å². The Bertz CT molecular complexity index is 626. The molecule has 0 aromatic heterocycles. The molecule has 0 saturated heterocycles. The largest absolute Gasteiger partial charge is 0.444 e. The van der Waals surface area contributed by atoms with Crippen LogP contribution in [0.2, 0.25) is 0 Å². The van der Waals surface area contributed by atoms with Crippen molar-refractivity contribution in [3.05, 3.63) is 23.5 Å². The monoisotopic (exact) mass is 337 g/mol. The fourth-order valence-corrected chi connectivity index (χ4v) is 2.46. The molecule has 1 aromatic carbocycles. The molecule has 0 atom stereocenters. The van der Waals surface area contributed by atoms with Crippen LogP contribution in [0.15, 0.2) is 12.1 Å². The third-order valence-corrected chi connectivity index (χ3v) is 3.46. The molecule has 0 saturated carbocycles. The van der Waals surface area contributed by atoms with Crippen molar-refractivity contribution >= 4 is 23.4 Å². The molecule has 1 aliphatic heterocycles. The quantitative estimate of drug-likeness (QED) is 0.789. The number of halogens is 1. The van der Waals surface area contributed by atoms with Gasteiger partial charge in [0, 0.05) is 25.1 Å². The number of carbonyl (C=O) groups is 2. The maximum atomic E-state index is 13.8. The van der Waals surface area contributed by atoms with E-state index >= 15 is 0 Å². The molecule has 6 nitrogen and oxygen atoms in total. The lowest BCUT2D eigenvalue weighted by molar-refractivity contribution is -0.116. The second-order valence-electron chi connectivity index (χ2n) is 6.71. The first-order valence-corrected chi connectivity index (χ1v) is 8.08. The summed E-state index contributed by atoms with van der Waals surface area (Å²) in [7, 11) is 0. The number of hydrogen-bond donors (Lipinski definition) is 3. The molecule has 0 unspecified atom stereocenters. The molecule has 3 N–H and O–H groups in total. The van der Waals surface area contributed by atoms with Gasteiger partial charge in [0.25, 0.3) is 0 Å². The highest BCUT2D eigenvalue weighted by Crippen LogP contribution is 2.32. The third kappa shape index (κ3) is 5.11. The molecule has 24 heavy (non-hydrogen) atoms. The minimum Gasteiger partial charge on any atom is -0.444 e. The summed E-state index contributed by atoms with van der Waals surface area (Å²) < 4.78 is 18.9. The van der Waals surface area contributed by atoms with Gasteiger partial charge >= 0.3 is 6.09 Å². The minimum atomic E-state index is -0.578. The Morgan fingerprint density at radius 2 is 2.08 bits per heavy atom. The van der Waals surface area contributed by atoms with E-state index in [1.807, 2.05) is 0 Å². The van der Waals surface area contributed by atoms with Crippen molar-refractivity contribution in [2.75, 3.05) is 23.7 Å². The minimum absolute atomic E-state index is 0.103. The highest BCUT2D eigenvalue weighted by Gasteiger charge is 2.19. The van der Waals surface area contributed by atoms with Crippen LogP contribution in [-0.4, -0.2) is 30.7 Å². The number of anilines is 2. The van der Waals surface area contributed by atoms with E-state index in [1.54, 1.807) is 26.8 Å². The lowest BCUT2D eigenvalue weighted by atomic mass is 10.0. The van der Waals surface area contributed by atoms with Crippen LogP contribution < -0.4 is 16.0 Å². The summed E-state index contributed by atoms with van der Waals surface area (Å²) >= 11 is 0. The zero-order valence-electron chi connectivity index (χ0n) is 14.3. The van der Waals surface area contributed by atoms with Crippen LogP contribution in [0.5, 0.6) is 0 Å². The number of benzene rings is 1. The van der Waals surface area contributed by atoms with E-state index < -0.39 is 11.7 Å². The van der Waals surface area contributed by atoms with Gasteiger partial charge in [-0.1, -0.05) is 0 Å². The van der Waals surface area contributed by atoms with Gasteiger partial charge in [-0.3, -0.25) is 4.79 Å². The highest BCUT2D eigenvalue weighted by molar-refractivity contribution is 5.95. The van der Waals surface area contributed by atoms with Gasteiger partial charge in [0.05, 0.1) is 11.4 Å². The van der Waals surface area contributed by atoms with Gasteiger partial charge in [0.15, 0.2) is 0 Å². The molecule has 2 amide bonds. The predicted octanol–water partition coefficient (Wildman–Crippen LogP) is 3.04. The molecule has 1 aliphatic rings. The van der Waals surface area contributed by atoms with Crippen LogP contribution in [0, 0.1) is 5.82 Å². The summed E-state index contributed by atoms with van der Waals surface area (Å²) in [5.74, 6) is -0.519. The summed E-state index contributed by atoms with van der Waals surface area (Å²) in [6.07, 6.45) is 1.06. The summed E-state index contributed by atoms with van der Waals surface area (Å²) in [6, 6.07) is 2.91. The molecule has 132 valence electrons. The van der Waals surface area contributed by atoms with E-state index in [9.17, 15) is 14.0 Å². The predicted molar refractivity (Wildman–Crippen MR) is 90.7 cm³/mol. The van der Waals surface area contributed by atoms with Crippen LogP contribution in [-0.2, 0) is 16.0 Å². The molecule has 0 bridgehead atoms. The molecular formula is C17H24FN3O3. The van der Waals surface area contributed by atoms with Gasteiger partial charge < -0.3 is 20.7 Å². The first kappa shape index (κ1) is 18.0. The molecule has 7 heteroatoms. The van der Waals surface area contributed by atoms with Crippen LogP contribution in [0.3, 0.4) is 0 Å². The van der Waals surface area contributed by atoms with E-state index in [0.29, 0.717) is 23.4 Å². The highest BCUT2D eigenvalue weighted by atomic mass is 19.1. The van der Waals surface area contributed by atoms with Crippen molar-refractivity contribution in [3.8, 4) is 0 Å². The van der Waals surface area contributed by atoms with Crippen LogP contribution in [0.4, 0.5) is 20.6 Å². The Morgan fingerprint density at radius 1 is 1.33 bits per heavy atom. The van der Waals surface area contributed by atoms with Crippen LogP contribution >= 0.6 is 0 Å². The number of hydrogen-bond acceptors (Lipinski definition) is 4. The smallest absolute Gasteiger partial charge is 0.407 e. The second-order valence-corrected chi connectivity index (χ2v) is 6.71. The third-order valence-electron chi connectivity index (χ3n) is 3.46. The van der Waals surface area contributed by atoms with Gasteiger partial charge in [-0.25, -0.2) is 9.18 Å². The number of alkyl carbamates (subject to hydrolysis) is 1. The lowest BCUT2D eigenvalue weighted by Gasteiger charge is -2.22. The zero-order valence-corrected chi connectivity index (χ0v) is 14.3. The second kappa shape index (κ2) is 7.51. The van der Waals surface area contributed by atoms with Gasteiger partial charge in [0.1, 0.15) is 11.4 Å². The Kier molecular flexibility index (Phi) is 5.64. The van der Waals surface area contributed by atoms with E-state index in [0.717, 1.165) is 13.0 Å². The summed E-state index contributed by atoms with van der Waals surface area (Å²) in [4.78, 5) is 23.5. The zero-order chi connectivity index (χ0) is 17.7. The first-order chi connectivity index (χ1) is 11.3. The summed E-state index contributed by atoms with van der Waals surface area (Å²) in [5.41, 5.74) is 1.24. The molecular weight excluding hydrogens is 313 g/mol. The number of ether oxygens (including phenoxy) is 1. The fourth-order valence-electron chi connectivity index (χ4n) is 2.46. The number of carbonyl (C=O) groups excluding carboxylic acids is 2. The Labute approximate surface area is 141 Å². The average molecular weight is 337 g/mol. The normalized spacial score (nSPS) is 13.5. The van der Waals surface area contributed by atoms with Crippen molar-refractivity contribution in [3.63, 3.8) is 0 Å². The Hall–Kier alpha value is -2.31. The number of amides is 2. The number of fused-ring (bicyclic) bond motifs is 1. The molecule has 0 aliphatic carbocycles. The summed E-state index contributed by atoms with van der Waals surface area (Å²) in [5, 5.41) is 8.42. The molecule has 0 spiro atoms. The summed E-state index contributed by atoms with van der Waals surface area (Å²) in [6.45, 7) is 6.22. The van der Waals surface area contributed by atoms with Gasteiger partial charge in [-0.2, -0.15) is 0 Å². The topological polar surface area (TPSA) is 79.5 Å². The molecule has 2 rings (SSSR count). The Balaban J connectivity index is 1.86. The number of rotatable bonds is 4.